The second-order valence-electron chi connectivity index (χ2n) is 2.96. The SMILES string of the molecule is C[C@H](O)c1nc2cc(N)ccc2o1. The molecule has 0 fully saturated rings. The van der Waals surface area contributed by atoms with Gasteiger partial charge in [-0.2, -0.15) is 0 Å². The average molecular weight is 178 g/mol. The van der Waals surface area contributed by atoms with Crippen molar-refractivity contribution >= 4 is 16.8 Å². The summed E-state index contributed by atoms with van der Waals surface area (Å²) in [6.45, 7) is 1.61. The predicted octanol–water partition coefficient (Wildman–Crippen LogP) is 1.46. The number of anilines is 1. The summed E-state index contributed by atoms with van der Waals surface area (Å²) in [5.74, 6) is 0.320. The van der Waals surface area contributed by atoms with Crippen molar-refractivity contribution in [2.24, 2.45) is 0 Å². The topological polar surface area (TPSA) is 72.3 Å². The van der Waals surface area contributed by atoms with Gasteiger partial charge in [0.05, 0.1) is 0 Å². The highest BCUT2D eigenvalue weighted by atomic mass is 16.4. The lowest BCUT2D eigenvalue weighted by Gasteiger charge is -1.93. The molecule has 0 aliphatic carbocycles. The maximum absolute atomic E-state index is 9.21. The number of nitrogens with two attached hydrogens (primary N) is 1. The molecule has 0 aliphatic rings. The summed E-state index contributed by atoms with van der Waals surface area (Å²) in [5, 5.41) is 9.21. The Bertz CT molecular complexity index is 434. The zero-order chi connectivity index (χ0) is 9.42. The minimum Gasteiger partial charge on any atom is -0.438 e. The molecule has 0 unspecified atom stereocenters. The minimum atomic E-state index is -0.686. The lowest BCUT2D eigenvalue weighted by Crippen LogP contribution is -1.89. The summed E-state index contributed by atoms with van der Waals surface area (Å²) in [5.41, 5.74) is 7.52. The molecule has 1 aromatic heterocycles. The summed E-state index contributed by atoms with van der Waals surface area (Å²) >= 11 is 0. The maximum atomic E-state index is 9.21. The Kier molecular flexibility index (Phi) is 1.70. The zero-order valence-electron chi connectivity index (χ0n) is 7.19. The predicted molar refractivity (Wildman–Crippen MR) is 49.1 cm³/mol. The Morgan fingerprint density at radius 3 is 3.00 bits per heavy atom. The molecule has 0 radical (unpaired) electrons. The van der Waals surface area contributed by atoms with Crippen LogP contribution in [0.1, 0.15) is 18.9 Å². The van der Waals surface area contributed by atoms with Crippen molar-refractivity contribution in [1.82, 2.24) is 4.98 Å². The first-order valence-electron chi connectivity index (χ1n) is 4.01. The molecule has 2 rings (SSSR count). The molecule has 68 valence electrons. The molecule has 13 heavy (non-hydrogen) atoms. The third-order valence-corrected chi connectivity index (χ3v) is 1.79. The quantitative estimate of drug-likeness (QED) is 0.648. The zero-order valence-corrected chi connectivity index (χ0v) is 7.19. The van der Waals surface area contributed by atoms with Crippen LogP contribution in [0.15, 0.2) is 22.6 Å². The lowest BCUT2D eigenvalue weighted by molar-refractivity contribution is 0.165. The van der Waals surface area contributed by atoms with Crippen LogP contribution >= 0.6 is 0 Å². The number of nitrogens with zero attached hydrogens (tertiary/aromatic N) is 1. The van der Waals surface area contributed by atoms with E-state index >= 15 is 0 Å². The minimum absolute atomic E-state index is 0.320. The molecular weight excluding hydrogens is 168 g/mol. The van der Waals surface area contributed by atoms with Gasteiger partial charge in [0, 0.05) is 5.69 Å². The molecule has 0 aliphatic heterocycles. The lowest BCUT2D eigenvalue weighted by atomic mass is 10.3. The van der Waals surface area contributed by atoms with Crippen LogP contribution in [0.25, 0.3) is 11.1 Å². The van der Waals surface area contributed by atoms with E-state index in [9.17, 15) is 5.11 Å². The second kappa shape index (κ2) is 2.74. The van der Waals surface area contributed by atoms with Crippen molar-refractivity contribution in [3.05, 3.63) is 24.1 Å². The van der Waals surface area contributed by atoms with E-state index in [4.69, 9.17) is 10.2 Å². The number of aliphatic hydroxyl groups is 1. The monoisotopic (exact) mass is 178 g/mol. The number of oxazole rings is 1. The third kappa shape index (κ3) is 1.36. The first kappa shape index (κ1) is 8.07. The van der Waals surface area contributed by atoms with Crippen LogP contribution in [0, 0.1) is 0 Å². The van der Waals surface area contributed by atoms with Gasteiger partial charge in [-0.15, -0.1) is 0 Å². The Morgan fingerprint density at radius 2 is 2.31 bits per heavy atom. The molecule has 1 aromatic carbocycles. The van der Waals surface area contributed by atoms with Crippen LogP contribution in [-0.4, -0.2) is 10.1 Å². The van der Waals surface area contributed by atoms with E-state index in [-0.39, 0.29) is 0 Å². The number of benzene rings is 1. The molecule has 0 amide bonds. The molecule has 3 N–H and O–H groups in total. The van der Waals surface area contributed by atoms with Gasteiger partial charge in [0.15, 0.2) is 5.58 Å². The van der Waals surface area contributed by atoms with Gasteiger partial charge in [0.25, 0.3) is 0 Å². The third-order valence-electron chi connectivity index (χ3n) is 1.79. The smallest absolute Gasteiger partial charge is 0.224 e. The van der Waals surface area contributed by atoms with Gasteiger partial charge in [-0.05, 0) is 25.1 Å². The van der Waals surface area contributed by atoms with Crippen LogP contribution in [-0.2, 0) is 0 Å². The number of rotatable bonds is 1. The summed E-state index contributed by atoms with van der Waals surface area (Å²) in [6, 6.07) is 5.19. The number of aliphatic hydroxyl groups excluding tert-OH is 1. The Labute approximate surface area is 75.0 Å². The van der Waals surface area contributed by atoms with E-state index < -0.39 is 6.10 Å². The largest absolute Gasteiger partial charge is 0.438 e. The van der Waals surface area contributed by atoms with Gasteiger partial charge in [0.2, 0.25) is 5.89 Å². The molecule has 2 aromatic rings. The van der Waals surface area contributed by atoms with Crippen molar-refractivity contribution in [3.8, 4) is 0 Å². The van der Waals surface area contributed by atoms with Gasteiger partial charge < -0.3 is 15.3 Å². The van der Waals surface area contributed by atoms with Crippen LogP contribution in [0.4, 0.5) is 5.69 Å². The second-order valence-corrected chi connectivity index (χ2v) is 2.96. The summed E-state index contributed by atoms with van der Waals surface area (Å²) < 4.78 is 5.27. The van der Waals surface area contributed by atoms with Gasteiger partial charge in [-0.3, -0.25) is 0 Å². The Balaban J connectivity index is 2.62. The number of hydrogen-bond acceptors (Lipinski definition) is 4. The van der Waals surface area contributed by atoms with Gasteiger partial charge in [-0.25, -0.2) is 4.98 Å². The first-order valence-corrected chi connectivity index (χ1v) is 4.01. The molecule has 0 saturated carbocycles. The van der Waals surface area contributed by atoms with Crippen molar-refractivity contribution < 1.29 is 9.52 Å². The number of hydrogen-bond donors (Lipinski definition) is 2. The van der Waals surface area contributed by atoms with E-state index in [2.05, 4.69) is 4.98 Å². The van der Waals surface area contributed by atoms with E-state index in [1.54, 1.807) is 25.1 Å². The molecule has 0 spiro atoms. The van der Waals surface area contributed by atoms with Crippen LogP contribution < -0.4 is 5.73 Å². The summed E-state index contributed by atoms with van der Waals surface area (Å²) in [7, 11) is 0. The summed E-state index contributed by atoms with van der Waals surface area (Å²) in [6.07, 6.45) is -0.686. The van der Waals surface area contributed by atoms with E-state index in [1.165, 1.54) is 0 Å². The van der Waals surface area contributed by atoms with Crippen LogP contribution in [0.5, 0.6) is 0 Å². The molecule has 0 saturated heterocycles. The van der Waals surface area contributed by atoms with Crippen molar-refractivity contribution in [3.63, 3.8) is 0 Å². The molecule has 0 bridgehead atoms. The fourth-order valence-electron chi connectivity index (χ4n) is 1.14. The van der Waals surface area contributed by atoms with Gasteiger partial charge >= 0.3 is 0 Å². The Hall–Kier alpha value is -1.55. The molecule has 4 nitrogen and oxygen atoms in total. The van der Waals surface area contributed by atoms with Crippen molar-refractivity contribution in [2.75, 3.05) is 5.73 Å². The standard InChI is InChI=1S/C9H10N2O2/c1-5(12)9-11-7-4-6(10)2-3-8(7)13-9/h2-5,12H,10H2,1H3/t5-/m0/s1. The van der Waals surface area contributed by atoms with Crippen molar-refractivity contribution in [1.29, 1.82) is 0 Å². The molecule has 1 heterocycles. The van der Waals surface area contributed by atoms with Crippen LogP contribution in [0.3, 0.4) is 0 Å². The molecule has 4 heteroatoms. The molecular formula is C9H10N2O2. The average Bonchev–Trinajstić information content (AvgIpc) is 2.46. The fourth-order valence-corrected chi connectivity index (χ4v) is 1.14. The normalized spacial score (nSPS) is 13.4. The van der Waals surface area contributed by atoms with E-state index in [0.717, 1.165) is 0 Å². The number of nitrogen functional groups attached to an aromatic ring is 1. The van der Waals surface area contributed by atoms with E-state index in [0.29, 0.717) is 22.7 Å². The Morgan fingerprint density at radius 1 is 1.54 bits per heavy atom. The van der Waals surface area contributed by atoms with Crippen molar-refractivity contribution in [2.45, 2.75) is 13.0 Å². The van der Waals surface area contributed by atoms with Gasteiger partial charge in [0.1, 0.15) is 11.6 Å². The van der Waals surface area contributed by atoms with E-state index in [1.807, 2.05) is 0 Å². The highest BCUT2D eigenvalue weighted by Crippen LogP contribution is 2.21. The van der Waals surface area contributed by atoms with Crippen LogP contribution in [0.2, 0.25) is 0 Å². The maximum Gasteiger partial charge on any atom is 0.224 e. The first-order chi connectivity index (χ1) is 6.16. The highest BCUT2D eigenvalue weighted by Gasteiger charge is 2.09. The number of fused-ring (bicyclic) bond motifs is 1. The van der Waals surface area contributed by atoms with Gasteiger partial charge in [-0.1, -0.05) is 0 Å². The molecule has 1 atom stereocenters. The summed E-state index contributed by atoms with van der Waals surface area (Å²) in [4.78, 5) is 4.08. The fraction of sp³-hybridized carbons (Fsp3) is 0.222. The number of aromatic nitrogens is 1. The highest BCUT2D eigenvalue weighted by molar-refractivity contribution is 5.76.